The van der Waals surface area contributed by atoms with Gasteiger partial charge in [-0.05, 0) is 59.0 Å². The quantitative estimate of drug-likeness (QED) is 0.591. The van der Waals surface area contributed by atoms with Gasteiger partial charge in [0.2, 0.25) is 0 Å². The summed E-state index contributed by atoms with van der Waals surface area (Å²) in [6.45, 7) is 5.61. The second kappa shape index (κ2) is 6.75. The third-order valence-electron chi connectivity index (χ3n) is 3.65. The largest absolute Gasteiger partial charge is 0.327 e. The Morgan fingerprint density at radius 1 is 1.33 bits per heavy atom. The molecule has 1 aromatic carbocycles. The number of aryl methyl sites for hydroxylation is 2. The minimum atomic E-state index is -0.214. The van der Waals surface area contributed by atoms with Crippen LogP contribution in [-0.2, 0) is 6.54 Å². The number of hydrogen-bond donors (Lipinski definition) is 0. The Morgan fingerprint density at radius 2 is 2.05 bits per heavy atom. The molecule has 0 aliphatic carbocycles. The molecule has 0 saturated carbocycles. The zero-order chi connectivity index (χ0) is 15.6. The van der Waals surface area contributed by atoms with Crippen molar-refractivity contribution < 1.29 is 4.39 Å². The number of rotatable bonds is 6. The predicted octanol–water partition coefficient (Wildman–Crippen LogP) is 4.13. The molecule has 1 aromatic heterocycles. The number of halogens is 2. The normalized spacial score (nSPS) is 13.3. The van der Waals surface area contributed by atoms with Gasteiger partial charge < -0.3 is 9.47 Å². The molecule has 1 heterocycles. The van der Waals surface area contributed by atoms with Gasteiger partial charge in [0.25, 0.3) is 0 Å². The van der Waals surface area contributed by atoms with Crippen LogP contribution in [-0.4, -0.2) is 35.1 Å². The van der Waals surface area contributed by atoms with Crippen molar-refractivity contribution in [2.24, 2.45) is 0 Å². The van der Waals surface area contributed by atoms with Crippen molar-refractivity contribution in [3.05, 3.63) is 29.3 Å². The lowest BCUT2D eigenvalue weighted by molar-refractivity contribution is 0.387. The van der Waals surface area contributed by atoms with E-state index >= 15 is 0 Å². The van der Waals surface area contributed by atoms with Crippen molar-refractivity contribution in [1.82, 2.24) is 14.5 Å². The molecule has 0 aliphatic heterocycles. The van der Waals surface area contributed by atoms with Crippen LogP contribution in [0.25, 0.3) is 11.0 Å². The lowest BCUT2D eigenvalue weighted by Gasteiger charge is -2.12. The smallest absolute Gasteiger partial charge is 0.128 e. The third kappa shape index (κ3) is 3.74. The van der Waals surface area contributed by atoms with Gasteiger partial charge in [0.1, 0.15) is 11.6 Å². The van der Waals surface area contributed by atoms with E-state index in [1.165, 1.54) is 6.07 Å². The molecule has 5 heteroatoms. The van der Waals surface area contributed by atoms with Gasteiger partial charge in [-0.25, -0.2) is 9.37 Å². The third-order valence-corrected chi connectivity index (χ3v) is 3.85. The average molecular weight is 312 g/mol. The molecule has 0 bridgehead atoms. The van der Waals surface area contributed by atoms with Crippen molar-refractivity contribution in [2.75, 3.05) is 20.6 Å². The van der Waals surface area contributed by atoms with E-state index in [-0.39, 0.29) is 11.2 Å². The van der Waals surface area contributed by atoms with E-state index in [1.54, 1.807) is 6.92 Å². The first kappa shape index (κ1) is 16.2. The maximum atomic E-state index is 13.7. The number of alkyl halides is 1. The molecule has 116 valence electrons. The van der Waals surface area contributed by atoms with E-state index < -0.39 is 0 Å². The van der Waals surface area contributed by atoms with E-state index in [1.807, 2.05) is 13.0 Å². The van der Waals surface area contributed by atoms with E-state index in [4.69, 9.17) is 11.6 Å². The van der Waals surface area contributed by atoms with Crippen molar-refractivity contribution >= 4 is 22.6 Å². The van der Waals surface area contributed by atoms with Crippen LogP contribution in [0.2, 0.25) is 0 Å². The first-order chi connectivity index (χ1) is 9.90. The highest BCUT2D eigenvalue weighted by Gasteiger charge is 2.16. The highest BCUT2D eigenvalue weighted by Crippen LogP contribution is 2.26. The fourth-order valence-corrected chi connectivity index (χ4v) is 2.67. The van der Waals surface area contributed by atoms with Crippen molar-refractivity contribution in [3.8, 4) is 0 Å². The zero-order valence-electron chi connectivity index (χ0n) is 13.2. The number of aromatic nitrogens is 2. The average Bonchev–Trinajstić information content (AvgIpc) is 2.73. The van der Waals surface area contributed by atoms with Gasteiger partial charge in [-0.2, -0.15) is 0 Å². The van der Waals surface area contributed by atoms with Crippen molar-refractivity contribution in [2.45, 2.75) is 38.6 Å². The maximum absolute atomic E-state index is 13.7. The second-order valence-electron chi connectivity index (χ2n) is 5.84. The molecular formula is C16H23ClFN3. The molecular weight excluding hydrogens is 289 g/mol. The number of fused-ring (bicyclic) bond motifs is 1. The van der Waals surface area contributed by atoms with E-state index in [0.29, 0.717) is 11.1 Å². The summed E-state index contributed by atoms with van der Waals surface area (Å²) in [5.74, 6) is 0.607. The standard InChI is InChI=1S/C16H23ClFN3/c1-11-9-15-14(10-13(11)18)19-16(12(2)17)21(15)8-6-5-7-20(3)4/h9-10,12H,5-8H2,1-4H3. The Labute approximate surface area is 130 Å². The first-order valence-electron chi connectivity index (χ1n) is 7.35. The summed E-state index contributed by atoms with van der Waals surface area (Å²) >= 11 is 6.24. The van der Waals surface area contributed by atoms with Crippen LogP contribution < -0.4 is 0 Å². The molecule has 2 aromatic rings. The lowest BCUT2D eigenvalue weighted by atomic mass is 10.2. The van der Waals surface area contributed by atoms with Gasteiger partial charge in [-0.15, -0.1) is 11.6 Å². The number of unbranched alkanes of at least 4 members (excludes halogenated alkanes) is 1. The Hall–Kier alpha value is -1.13. The monoisotopic (exact) mass is 311 g/mol. The summed E-state index contributed by atoms with van der Waals surface area (Å²) in [7, 11) is 4.15. The van der Waals surface area contributed by atoms with Crippen molar-refractivity contribution in [1.29, 1.82) is 0 Å². The second-order valence-corrected chi connectivity index (χ2v) is 6.49. The number of hydrogen-bond acceptors (Lipinski definition) is 2. The lowest BCUT2D eigenvalue weighted by Crippen LogP contribution is -2.14. The van der Waals surface area contributed by atoms with Gasteiger partial charge in [0.15, 0.2) is 0 Å². The summed E-state index contributed by atoms with van der Waals surface area (Å²) < 4.78 is 15.8. The van der Waals surface area contributed by atoms with E-state index in [0.717, 1.165) is 37.3 Å². The molecule has 3 nitrogen and oxygen atoms in total. The molecule has 0 radical (unpaired) electrons. The van der Waals surface area contributed by atoms with Crippen LogP contribution in [0.4, 0.5) is 4.39 Å². The van der Waals surface area contributed by atoms with Gasteiger partial charge in [0, 0.05) is 12.6 Å². The minimum Gasteiger partial charge on any atom is -0.327 e. The van der Waals surface area contributed by atoms with Crippen LogP contribution in [0.1, 0.15) is 36.5 Å². The van der Waals surface area contributed by atoms with Crippen molar-refractivity contribution in [3.63, 3.8) is 0 Å². The van der Waals surface area contributed by atoms with Gasteiger partial charge in [-0.3, -0.25) is 0 Å². The number of nitrogens with zero attached hydrogens (tertiary/aromatic N) is 3. The number of benzene rings is 1. The Balaban J connectivity index is 2.30. The summed E-state index contributed by atoms with van der Waals surface area (Å²) in [6, 6.07) is 3.37. The van der Waals surface area contributed by atoms with Crippen LogP contribution in [0.15, 0.2) is 12.1 Å². The molecule has 1 unspecified atom stereocenters. The minimum absolute atomic E-state index is 0.186. The summed E-state index contributed by atoms with van der Waals surface area (Å²) in [4.78, 5) is 6.69. The summed E-state index contributed by atoms with van der Waals surface area (Å²) in [6.07, 6.45) is 2.17. The SMILES string of the molecule is Cc1cc2c(cc1F)nc(C(C)Cl)n2CCCCN(C)C. The summed E-state index contributed by atoms with van der Waals surface area (Å²) in [5, 5.41) is -0.186. The first-order valence-corrected chi connectivity index (χ1v) is 7.79. The van der Waals surface area contributed by atoms with E-state index in [9.17, 15) is 4.39 Å². The van der Waals surface area contributed by atoms with Gasteiger partial charge >= 0.3 is 0 Å². The maximum Gasteiger partial charge on any atom is 0.128 e. The molecule has 2 rings (SSSR count). The van der Waals surface area contributed by atoms with Crippen LogP contribution >= 0.6 is 11.6 Å². The van der Waals surface area contributed by atoms with Gasteiger partial charge in [0.05, 0.1) is 16.4 Å². The van der Waals surface area contributed by atoms with Crippen LogP contribution in [0, 0.1) is 12.7 Å². The number of imidazole rings is 1. The fourth-order valence-electron chi connectivity index (χ4n) is 2.51. The van der Waals surface area contributed by atoms with E-state index in [2.05, 4.69) is 28.5 Å². The molecule has 1 atom stereocenters. The van der Waals surface area contributed by atoms with Crippen LogP contribution in [0.5, 0.6) is 0 Å². The highest BCUT2D eigenvalue weighted by atomic mass is 35.5. The molecule has 0 saturated heterocycles. The summed E-state index contributed by atoms with van der Waals surface area (Å²) in [5.41, 5.74) is 2.31. The molecule has 0 amide bonds. The Bertz CT molecular complexity index is 619. The Kier molecular flexibility index (Phi) is 5.22. The zero-order valence-corrected chi connectivity index (χ0v) is 13.9. The Morgan fingerprint density at radius 3 is 2.67 bits per heavy atom. The molecule has 0 N–H and O–H groups in total. The predicted molar refractivity (Wildman–Crippen MR) is 86.5 cm³/mol. The molecule has 0 aliphatic rings. The fraction of sp³-hybridized carbons (Fsp3) is 0.562. The molecule has 0 fully saturated rings. The highest BCUT2D eigenvalue weighted by molar-refractivity contribution is 6.20. The molecule has 21 heavy (non-hydrogen) atoms. The van der Waals surface area contributed by atoms with Gasteiger partial charge in [-0.1, -0.05) is 0 Å². The topological polar surface area (TPSA) is 21.1 Å². The molecule has 0 spiro atoms. The van der Waals surface area contributed by atoms with Crippen LogP contribution in [0.3, 0.4) is 0 Å².